The van der Waals surface area contributed by atoms with Gasteiger partial charge in [0.15, 0.2) is 35.8 Å². The van der Waals surface area contributed by atoms with E-state index in [1.54, 1.807) is 31.2 Å². The SMILES string of the molecule is C.C#CC.CCCCC(Cl)C(=O)OC.CCCCC(Oc1ccc(C2=NC(c3ccc(OC(CCCC)C(=O)OC)cc3O)N=C(c3ccc(O)cc3O)N2)c(O)c1)C(=O)OC.O=CO[O-].Oc1ccc(-c2nc(-c3ccc(O)cc3O)nc(-c3ccc(O)cc3O)n2)c(O)c1.[2H]CF.[B][B][B].[H-].[K+].[K+]. The summed E-state index contributed by atoms with van der Waals surface area (Å²) < 4.78 is 41.4. The number of phenols is 10. The molecule has 1 aliphatic rings. The Morgan fingerprint density at radius 3 is 1.18 bits per heavy atom. The van der Waals surface area contributed by atoms with Gasteiger partial charge in [-0.05, 0) is 112 Å². The molecule has 8 rings (SSSR count). The van der Waals surface area contributed by atoms with E-state index in [4.69, 9.17) is 42.0 Å². The van der Waals surface area contributed by atoms with Crippen molar-refractivity contribution < 1.29 is 214 Å². The quantitative estimate of drug-likeness (QED) is 0.00637. The van der Waals surface area contributed by atoms with E-state index >= 15 is 0 Å². The first-order valence-corrected chi connectivity index (χ1v) is 30.6. The number of phenolic OH excluding ortho intramolecular Hbond substituents is 10. The molecular formula is C69H82B3ClFK2N6O21. The Balaban J connectivity index is -0.00000155. The van der Waals surface area contributed by atoms with Crippen molar-refractivity contribution in [1.82, 2.24) is 20.3 Å². The Bertz CT molecular complexity index is 3750. The number of terminal acetylenes is 1. The molecule has 4 atom stereocenters. The smallest absolute Gasteiger partial charge is 1.00 e. The largest absolute Gasteiger partial charge is 1.00 e. The first kappa shape index (κ1) is 95.2. The van der Waals surface area contributed by atoms with Gasteiger partial charge in [-0.25, -0.2) is 34.5 Å². The number of carbonyl (C=O) groups is 4. The average molecular weight is 1500 g/mol. The van der Waals surface area contributed by atoms with Crippen molar-refractivity contribution in [3.8, 4) is 116 Å². The van der Waals surface area contributed by atoms with Gasteiger partial charge in [0.2, 0.25) is 0 Å². The third-order valence-corrected chi connectivity index (χ3v) is 13.6. The predicted octanol–water partition coefficient (Wildman–Crippen LogP) is 3.56. The molecule has 0 amide bonds. The van der Waals surface area contributed by atoms with E-state index in [0.29, 0.717) is 19.3 Å². The summed E-state index contributed by atoms with van der Waals surface area (Å²) in [4.78, 5) is 68.6. The molecule has 0 saturated carbocycles. The number of methoxy groups -OCH3 is 3. The van der Waals surface area contributed by atoms with Gasteiger partial charge >= 0.3 is 121 Å². The fourth-order valence-electron chi connectivity index (χ4n) is 8.50. The molecule has 7 aromatic rings. The van der Waals surface area contributed by atoms with E-state index in [9.17, 15) is 69.8 Å². The molecule has 11 N–H and O–H groups in total. The van der Waals surface area contributed by atoms with E-state index in [1.807, 2.05) is 13.8 Å². The number of hydrogen-bond acceptors (Lipinski definition) is 27. The van der Waals surface area contributed by atoms with Crippen LogP contribution >= 0.6 is 11.6 Å². The van der Waals surface area contributed by atoms with E-state index in [2.05, 4.69) is 74.6 Å². The van der Waals surface area contributed by atoms with Gasteiger partial charge in [-0.2, -0.15) is 0 Å². The fourth-order valence-corrected chi connectivity index (χ4v) is 8.74. The predicted molar refractivity (Wildman–Crippen MR) is 378 cm³/mol. The van der Waals surface area contributed by atoms with Crippen LogP contribution in [0.5, 0.6) is 69.0 Å². The van der Waals surface area contributed by atoms with Crippen molar-refractivity contribution >= 4 is 70.2 Å². The molecule has 27 nitrogen and oxygen atoms in total. The van der Waals surface area contributed by atoms with Gasteiger partial charge in [0, 0.05) is 64.5 Å². The molecule has 103 heavy (non-hydrogen) atoms. The van der Waals surface area contributed by atoms with Gasteiger partial charge < -0.3 is 91.6 Å². The van der Waals surface area contributed by atoms with Gasteiger partial charge in [-0.1, -0.05) is 53.9 Å². The summed E-state index contributed by atoms with van der Waals surface area (Å²) in [6.45, 7) is 7.51. The minimum Gasteiger partial charge on any atom is -1.00 e. The number of carbonyl (C=O) groups excluding carboxylic acids is 4. The molecule has 6 aromatic carbocycles. The van der Waals surface area contributed by atoms with Crippen LogP contribution < -0.4 is 123 Å². The number of aromatic nitrogens is 3. The molecule has 1 aliphatic heterocycles. The number of amidine groups is 2. The van der Waals surface area contributed by atoms with E-state index in [0.717, 1.165) is 69.9 Å². The van der Waals surface area contributed by atoms with Gasteiger partial charge in [0.25, 0.3) is 6.47 Å². The molecule has 34 heteroatoms. The summed E-state index contributed by atoms with van der Waals surface area (Å²) in [6.07, 6.45) is 8.63. The number of alkyl halides is 2. The first-order chi connectivity index (χ1) is 48.3. The summed E-state index contributed by atoms with van der Waals surface area (Å²) in [7, 11) is 12.9. The maximum atomic E-state index is 12.3. The minimum absolute atomic E-state index is 0. The van der Waals surface area contributed by atoms with Gasteiger partial charge in [0.05, 0.1) is 57.7 Å². The topological polar surface area (TPSA) is 424 Å². The van der Waals surface area contributed by atoms with Crippen molar-refractivity contribution in [2.24, 2.45) is 9.98 Å². The molecule has 0 fully saturated rings. The van der Waals surface area contributed by atoms with Crippen molar-refractivity contribution in [3.05, 3.63) is 126 Å². The Kier molecular flexibility index (Phi) is 49.0. The molecule has 1 aromatic heterocycles. The Labute approximate surface area is 693 Å². The van der Waals surface area contributed by atoms with E-state index < -0.39 is 42.8 Å². The van der Waals surface area contributed by atoms with Gasteiger partial charge in [0.1, 0.15) is 86.0 Å². The number of aliphatic imine (C=N–C) groups is 2. The van der Waals surface area contributed by atoms with Gasteiger partial charge in [-0.3, -0.25) is 14.0 Å². The number of nitrogens with one attached hydrogen (secondary N) is 1. The van der Waals surface area contributed by atoms with Crippen LogP contribution in [0.2, 0.25) is 0 Å². The first-order valence-electron chi connectivity index (χ1n) is 30.8. The van der Waals surface area contributed by atoms with Crippen molar-refractivity contribution in [3.63, 3.8) is 0 Å². The third-order valence-electron chi connectivity index (χ3n) is 13.2. The van der Waals surface area contributed by atoms with Crippen molar-refractivity contribution in [2.75, 3.05) is 28.5 Å². The summed E-state index contributed by atoms with van der Waals surface area (Å²) in [6, 6.07) is 24.5. The standard InChI is InChI=1S/C35H41N3O10.C21H15N3O6.C7H13ClO2.C3H4.CH3F.CH2O3.CH4.B3.2K.H/c1-5-7-9-29(34(43)45-3)47-21-12-15-24(27(41)18-21)32-36-31(23-14-11-20(39)17-26(23)40)37-33(38-32)25-16-13-22(19-28(25)42)48-30(10-8-6-2)35(44)46-4;25-10-1-4-13(16(28)7-10)19-22-20(14-5-2-11(26)8-17(14)29)24-21(23-19)15-6-3-12(27)9-18(15)30;1-3-4-5-6(8)7(9)10-2;1-3-2;1-2;2-1-4-3;;1-3-2;;;/h11-19,29-30,32,39-42H,5-10H2,1-4H3,(H,36,37,38);1-9,25-30H;6H,3-5H2,1-2H3;1H,2H3;1H3;1,3H;1H4;;;;/q;;;;;;;;2*+1;-1/p-1/i;;;;1D;;;;;;. The average Bonchev–Trinajstić information content (AvgIpc) is 0.787. The molecule has 0 aliphatic carbocycles. The summed E-state index contributed by atoms with van der Waals surface area (Å²) in [5.41, 5.74) is 1.24. The number of esters is 3. The van der Waals surface area contributed by atoms with Crippen LogP contribution in [0.25, 0.3) is 34.2 Å². The molecule has 2 heterocycles. The molecular weight excluding hydrogens is 1410 g/mol. The second-order valence-electron chi connectivity index (χ2n) is 20.3. The molecule has 5 radical (unpaired) electrons. The molecule has 0 bridgehead atoms. The fraction of sp³-hybridized carbons (Fsp3) is 0.319. The number of halogens is 2. The van der Waals surface area contributed by atoms with E-state index in [1.165, 1.54) is 82.0 Å². The zero-order chi connectivity index (χ0) is 75.7. The van der Waals surface area contributed by atoms with E-state index in [-0.39, 0.29) is 256 Å². The number of unbranched alkanes of at least 4 members (excludes halogenated alkanes) is 3. The Morgan fingerprint density at radius 1 is 0.602 bits per heavy atom. The number of aromatic hydroxyl groups is 10. The normalized spacial score (nSPS) is 12.1. The van der Waals surface area contributed by atoms with Crippen LogP contribution in [0.1, 0.15) is 119 Å². The number of hydrogen-bond donors (Lipinski definition) is 11. The van der Waals surface area contributed by atoms with Crippen LogP contribution in [0, 0.1) is 12.3 Å². The molecule has 539 valence electrons. The van der Waals surface area contributed by atoms with Crippen LogP contribution in [0.15, 0.2) is 119 Å². The van der Waals surface area contributed by atoms with Crippen molar-refractivity contribution in [1.29, 1.82) is 0 Å². The maximum Gasteiger partial charge on any atom is 1.00 e. The summed E-state index contributed by atoms with van der Waals surface area (Å²) in [5, 5.41) is 113. The van der Waals surface area contributed by atoms with Gasteiger partial charge in [-0.15, -0.1) is 23.9 Å². The van der Waals surface area contributed by atoms with Crippen LogP contribution in [-0.2, 0) is 38.3 Å². The summed E-state index contributed by atoms with van der Waals surface area (Å²) >= 11 is 5.64. The van der Waals surface area contributed by atoms with Crippen LogP contribution in [0.4, 0.5) is 4.39 Å². The second-order valence-corrected chi connectivity index (χ2v) is 20.8. The van der Waals surface area contributed by atoms with Crippen LogP contribution in [0.3, 0.4) is 0 Å². The van der Waals surface area contributed by atoms with Crippen LogP contribution in [-0.4, -0.2) is 171 Å². The zero-order valence-corrected chi connectivity index (χ0v) is 64.6. The minimum atomic E-state index is -1.07. The second kappa shape index (κ2) is 53.0. The molecule has 0 saturated heterocycles. The molecule has 4 unspecified atom stereocenters. The molecule has 0 spiro atoms. The van der Waals surface area contributed by atoms with Crippen molar-refractivity contribution in [2.45, 2.75) is 117 Å². The number of nitrogens with zero attached hydrogens (tertiary/aromatic N) is 5. The Hall–Kier alpha value is -7.84. The number of ether oxygens (including phenoxy) is 5. The number of benzene rings is 6. The monoisotopic (exact) mass is 1500 g/mol. The summed E-state index contributed by atoms with van der Waals surface area (Å²) in [5.74, 6) is -0.587. The number of rotatable bonds is 23. The Morgan fingerprint density at radius 2 is 0.893 bits per heavy atom. The maximum absolute atomic E-state index is 12.3. The third kappa shape index (κ3) is 32.4. The zero-order valence-electron chi connectivity index (χ0n) is 59.6.